The first-order valence-corrected chi connectivity index (χ1v) is 15.1. The molecule has 0 saturated carbocycles. The summed E-state index contributed by atoms with van der Waals surface area (Å²) in [7, 11) is 0. The van der Waals surface area contributed by atoms with E-state index in [-0.39, 0.29) is 12.9 Å². The van der Waals surface area contributed by atoms with Gasteiger partial charge in [-0.3, -0.25) is 4.79 Å². The molecule has 1 heterocycles. The molecular formula is C32H37NO7S. The Bertz CT molecular complexity index is 1350. The SMILES string of the molecule is CCOC[C@H](Cc1ccc2c(c1)OCO2)OCc1ccc(C(=O)N[C@@H](CCSC)C(=O)O)c(-c2ccccc2C)c1. The summed E-state index contributed by atoms with van der Waals surface area (Å²) in [5.41, 5.74) is 5.01. The number of carboxylic acids is 1. The largest absolute Gasteiger partial charge is 0.480 e. The van der Waals surface area contributed by atoms with Gasteiger partial charge < -0.3 is 29.4 Å². The van der Waals surface area contributed by atoms with E-state index in [1.54, 1.807) is 17.8 Å². The molecule has 0 aliphatic carbocycles. The summed E-state index contributed by atoms with van der Waals surface area (Å²) in [4.78, 5) is 25.1. The van der Waals surface area contributed by atoms with Crippen molar-refractivity contribution in [3.8, 4) is 22.6 Å². The lowest BCUT2D eigenvalue weighted by atomic mass is 9.93. The van der Waals surface area contributed by atoms with E-state index in [4.69, 9.17) is 18.9 Å². The molecule has 0 fully saturated rings. The molecule has 218 valence electrons. The topological polar surface area (TPSA) is 103 Å². The summed E-state index contributed by atoms with van der Waals surface area (Å²) in [6, 6.07) is 18.3. The molecule has 4 rings (SSSR count). The van der Waals surface area contributed by atoms with Gasteiger partial charge in [0.2, 0.25) is 6.79 Å². The van der Waals surface area contributed by atoms with E-state index in [1.807, 2.05) is 74.7 Å². The van der Waals surface area contributed by atoms with E-state index in [0.29, 0.717) is 44.0 Å². The first kappa shape index (κ1) is 30.4. The van der Waals surface area contributed by atoms with Crippen molar-refractivity contribution < 1.29 is 33.6 Å². The molecule has 1 aliphatic heterocycles. The lowest BCUT2D eigenvalue weighted by Gasteiger charge is -2.20. The highest BCUT2D eigenvalue weighted by Gasteiger charge is 2.23. The molecule has 0 bridgehead atoms. The number of aliphatic carboxylic acids is 1. The molecule has 3 aromatic rings. The second-order valence-electron chi connectivity index (χ2n) is 9.82. The normalized spacial score (nSPS) is 13.5. The average molecular weight is 580 g/mol. The third kappa shape index (κ3) is 8.25. The third-order valence-corrected chi connectivity index (χ3v) is 7.52. The van der Waals surface area contributed by atoms with Crippen molar-refractivity contribution in [2.45, 2.75) is 45.4 Å². The maximum atomic E-state index is 13.4. The van der Waals surface area contributed by atoms with Crippen LogP contribution in [0.2, 0.25) is 0 Å². The summed E-state index contributed by atoms with van der Waals surface area (Å²) in [6.07, 6.45) is 2.69. The molecule has 1 aliphatic rings. The molecule has 2 N–H and O–H groups in total. The molecule has 0 saturated heterocycles. The Labute approximate surface area is 245 Å². The molecular weight excluding hydrogens is 542 g/mol. The number of amides is 1. The zero-order chi connectivity index (χ0) is 29.2. The van der Waals surface area contributed by atoms with Crippen molar-refractivity contribution in [1.82, 2.24) is 5.32 Å². The summed E-state index contributed by atoms with van der Waals surface area (Å²) < 4.78 is 23.0. The summed E-state index contributed by atoms with van der Waals surface area (Å²) in [6.45, 7) is 5.49. The van der Waals surface area contributed by atoms with Gasteiger partial charge >= 0.3 is 5.97 Å². The number of hydrogen-bond donors (Lipinski definition) is 2. The van der Waals surface area contributed by atoms with Gasteiger partial charge in [-0.25, -0.2) is 4.79 Å². The van der Waals surface area contributed by atoms with Gasteiger partial charge in [-0.1, -0.05) is 36.4 Å². The zero-order valence-electron chi connectivity index (χ0n) is 23.7. The zero-order valence-corrected chi connectivity index (χ0v) is 24.5. The van der Waals surface area contributed by atoms with Crippen LogP contribution in [0.15, 0.2) is 60.7 Å². The van der Waals surface area contributed by atoms with Crippen LogP contribution in [-0.2, 0) is 27.3 Å². The minimum absolute atomic E-state index is 0.201. The van der Waals surface area contributed by atoms with Crippen molar-refractivity contribution in [2.24, 2.45) is 0 Å². The number of hydrogen-bond acceptors (Lipinski definition) is 7. The first-order valence-electron chi connectivity index (χ1n) is 13.7. The van der Waals surface area contributed by atoms with E-state index in [0.717, 1.165) is 39.3 Å². The maximum Gasteiger partial charge on any atom is 0.326 e. The van der Waals surface area contributed by atoms with Crippen LogP contribution in [0, 0.1) is 6.92 Å². The van der Waals surface area contributed by atoms with Crippen LogP contribution in [0.1, 0.15) is 40.4 Å². The Morgan fingerprint density at radius 2 is 1.80 bits per heavy atom. The second-order valence-corrected chi connectivity index (χ2v) is 10.8. The lowest BCUT2D eigenvalue weighted by molar-refractivity contribution is -0.139. The first-order chi connectivity index (χ1) is 19.9. The van der Waals surface area contributed by atoms with Crippen LogP contribution in [0.5, 0.6) is 11.5 Å². The van der Waals surface area contributed by atoms with Crippen LogP contribution in [0.3, 0.4) is 0 Å². The van der Waals surface area contributed by atoms with Gasteiger partial charge in [-0.15, -0.1) is 0 Å². The number of thioether (sulfide) groups is 1. The summed E-state index contributed by atoms with van der Waals surface area (Å²) in [5, 5.41) is 12.4. The molecule has 9 heteroatoms. The summed E-state index contributed by atoms with van der Waals surface area (Å²) in [5.74, 6) is 0.641. The predicted octanol–water partition coefficient (Wildman–Crippen LogP) is 5.49. The van der Waals surface area contributed by atoms with Crippen LogP contribution in [0.25, 0.3) is 11.1 Å². The van der Waals surface area contributed by atoms with Gasteiger partial charge in [-0.2, -0.15) is 11.8 Å². The molecule has 0 radical (unpaired) electrons. The standard InChI is InChI=1S/C32H37NO7S/c1-4-37-19-24(15-22-10-12-29-30(17-22)40-20-39-29)38-18-23-9-11-26(27(16-23)25-8-6-5-7-21(25)2)31(34)33-28(32(35)36)13-14-41-3/h5-12,16-17,24,28H,4,13-15,18-20H2,1-3H3,(H,33,34)(H,35,36)/t24-,28-/m0/s1. The quantitative estimate of drug-likeness (QED) is 0.244. The minimum atomic E-state index is -1.04. The fourth-order valence-corrected chi connectivity index (χ4v) is 5.14. The van der Waals surface area contributed by atoms with E-state index < -0.39 is 17.9 Å². The second kappa shape index (κ2) is 14.9. The monoisotopic (exact) mass is 579 g/mol. The van der Waals surface area contributed by atoms with E-state index >= 15 is 0 Å². The molecule has 1 amide bonds. The smallest absolute Gasteiger partial charge is 0.326 e. The van der Waals surface area contributed by atoms with Crippen molar-refractivity contribution >= 4 is 23.6 Å². The molecule has 2 atom stereocenters. The van der Waals surface area contributed by atoms with Crippen molar-refractivity contribution in [3.05, 3.63) is 82.9 Å². The molecule has 41 heavy (non-hydrogen) atoms. The van der Waals surface area contributed by atoms with Crippen LogP contribution in [-0.4, -0.2) is 61.1 Å². The fraction of sp³-hybridized carbons (Fsp3) is 0.375. The Kier molecular flexibility index (Phi) is 11.1. The van der Waals surface area contributed by atoms with Crippen molar-refractivity contribution in [1.29, 1.82) is 0 Å². The molecule has 0 unspecified atom stereocenters. The van der Waals surface area contributed by atoms with Crippen LogP contribution in [0.4, 0.5) is 0 Å². The number of benzene rings is 3. The number of rotatable bonds is 15. The third-order valence-electron chi connectivity index (χ3n) is 6.87. The van der Waals surface area contributed by atoms with E-state index in [2.05, 4.69) is 5.32 Å². The maximum absolute atomic E-state index is 13.4. The minimum Gasteiger partial charge on any atom is -0.480 e. The van der Waals surface area contributed by atoms with Gasteiger partial charge in [0.1, 0.15) is 6.04 Å². The number of nitrogens with one attached hydrogen (secondary N) is 1. The summed E-state index contributed by atoms with van der Waals surface area (Å²) >= 11 is 1.54. The average Bonchev–Trinajstić information content (AvgIpc) is 3.44. The van der Waals surface area contributed by atoms with Gasteiger partial charge in [0, 0.05) is 18.6 Å². The predicted molar refractivity (Wildman–Crippen MR) is 160 cm³/mol. The van der Waals surface area contributed by atoms with Gasteiger partial charge in [0.15, 0.2) is 11.5 Å². The molecule has 0 aromatic heterocycles. The Hall–Kier alpha value is -3.53. The number of carbonyl (C=O) groups is 2. The van der Waals surface area contributed by atoms with Crippen molar-refractivity contribution in [2.75, 3.05) is 32.0 Å². The fourth-order valence-electron chi connectivity index (χ4n) is 4.67. The number of carboxylic acid groups (broad SMARTS) is 1. The lowest BCUT2D eigenvalue weighted by Crippen LogP contribution is -2.41. The van der Waals surface area contributed by atoms with Gasteiger partial charge in [0.25, 0.3) is 5.91 Å². The highest BCUT2D eigenvalue weighted by molar-refractivity contribution is 7.98. The van der Waals surface area contributed by atoms with E-state index in [1.165, 1.54) is 0 Å². The Morgan fingerprint density at radius 1 is 1.02 bits per heavy atom. The molecule has 0 spiro atoms. The highest BCUT2D eigenvalue weighted by atomic mass is 32.2. The van der Waals surface area contributed by atoms with E-state index in [9.17, 15) is 14.7 Å². The number of fused-ring (bicyclic) bond motifs is 1. The van der Waals surface area contributed by atoms with Gasteiger partial charge in [-0.05, 0) is 84.4 Å². The number of carbonyl (C=O) groups excluding carboxylic acids is 1. The number of ether oxygens (including phenoxy) is 4. The van der Waals surface area contributed by atoms with Crippen LogP contribution >= 0.6 is 11.8 Å². The van der Waals surface area contributed by atoms with Gasteiger partial charge in [0.05, 0.1) is 19.3 Å². The Balaban J connectivity index is 1.55. The molecule has 3 aromatic carbocycles. The van der Waals surface area contributed by atoms with Crippen LogP contribution < -0.4 is 14.8 Å². The highest BCUT2D eigenvalue weighted by Crippen LogP contribution is 2.33. The van der Waals surface area contributed by atoms with Crippen molar-refractivity contribution in [3.63, 3.8) is 0 Å². The molecule has 8 nitrogen and oxygen atoms in total. The Morgan fingerprint density at radius 3 is 2.56 bits per heavy atom. The number of aryl methyl sites for hydroxylation is 1.